The van der Waals surface area contributed by atoms with Crippen LogP contribution in [0, 0.1) is 0 Å². The summed E-state index contributed by atoms with van der Waals surface area (Å²) in [4.78, 5) is 24.1. The highest BCUT2D eigenvalue weighted by molar-refractivity contribution is 6.42. The van der Waals surface area contributed by atoms with Crippen molar-refractivity contribution in [2.24, 2.45) is 0 Å². The molecule has 0 saturated heterocycles. The van der Waals surface area contributed by atoms with Crippen molar-refractivity contribution in [3.05, 3.63) is 33.8 Å². The van der Waals surface area contributed by atoms with Crippen molar-refractivity contribution < 1.29 is 14.7 Å². The summed E-state index contributed by atoms with van der Waals surface area (Å²) in [6.45, 7) is 2.58. The van der Waals surface area contributed by atoms with Gasteiger partial charge in [-0.25, -0.2) is 0 Å². The Labute approximate surface area is 128 Å². The molecule has 0 unspecified atom stereocenters. The van der Waals surface area contributed by atoms with Gasteiger partial charge < -0.3 is 10.0 Å². The van der Waals surface area contributed by atoms with Crippen LogP contribution in [0.3, 0.4) is 0 Å². The first kappa shape index (κ1) is 16.8. The molecule has 4 nitrogen and oxygen atoms in total. The zero-order valence-corrected chi connectivity index (χ0v) is 12.7. The van der Waals surface area contributed by atoms with Crippen LogP contribution in [0.5, 0.6) is 0 Å². The number of carboxylic acids is 1. The van der Waals surface area contributed by atoms with E-state index in [9.17, 15) is 9.59 Å². The van der Waals surface area contributed by atoms with E-state index in [-0.39, 0.29) is 18.9 Å². The SMILES string of the molecule is CCN(CCC(=O)O)C(=O)CCc1ccc(Cl)c(Cl)c1. The molecule has 1 aromatic carbocycles. The van der Waals surface area contributed by atoms with Gasteiger partial charge in [-0.05, 0) is 31.0 Å². The predicted octanol–water partition coefficient (Wildman–Crippen LogP) is 3.25. The first-order valence-corrected chi connectivity index (χ1v) is 7.13. The maximum Gasteiger partial charge on any atom is 0.305 e. The van der Waals surface area contributed by atoms with Gasteiger partial charge in [0, 0.05) is 19.5 Å². The maximum atomic E-state index is 12.0. The number of hydrogen-bond acceptors (Lipinski definition) is 2. The number of benzene rings is 1. The summed E-state index contributed by atoms with van der Waals surface area (Å²) < 4.78 is 0. The smallest absolute Gasteiger partial charge is 0.305 e. The van der Waals surface area contributed by atoms with Crippen LogP contribution >= 0.6 is 23.2 Å². The topological polar surface area (TPSA) is 57.6 Å². The second kappa shape index (κ2) is 8.12. The van der Waals surface area contributed by atoms with Crippen molar-refractivity contribution in [3.8, 4) is 0 Å². The molecule has 1 aromatic rings. The van der Waals surface area contributed by atoms with E-state index in [1.807, 2.05) is 13.0 Å². The van der Waals surface area contributed by atoms with E-state index in [0.717, 1.165) is 5.56 Å². The minimum atomic E-state index is -0.902. The molecule has 0 radical (unpaired) electrons. The highest BCUT2D eigenvalue weighted by atomic mass is 35.5. The van der Waals surface area contributed by atoms with Gasteiger partial charge in [0.05, 0.1) is 16.5 Å². The largest absolute Gasteiger partial charge is 0.481 e. The van der Waals surface area contributed by atoms with Crippen molar-refractivity contribution in [3.63, 3.8) is 0 Å². The number of halogens is 2. The zero-order chi connectivity index (χ0) is 15.1. The van der Waals surface area contributed by atoms with Crippen LogP contribution in [-0.2, 0) is 16.0 Å². The van der Waals surface area contributed by atoms with Gasteiger partial charge in [0.25, 0.3) is 0 Å². The number of amides is 1. The number of carboxylic acid groups (broad SMARTS) is 1. The van der Waals surface area contributed by atoms with Crippen LogP contribution < -0.4 is 0 Å². The third-order valence-corrected chi connectivity index (χ3v) is 3.68. The lowest BCUT2D eigenvalue weighted by atomic mass is 10.1. The van der Waals surface area contributed by atoms with Gasteiger partial charge in [0.2, 0.25) is 5.91 Å². The number of aliphatic carboxylic acids is 1. The van der Waals surface area contributed by atoms with Gasteiger partial charge >= 0.3 is 5.97 Å². The molecule has 1 amide bonds. The van der Waals surface area contributed by atoms with Crippen molar-refractivity contribution in [1.82, 2.24) is 4.90 Å². The minimum Gasteiger partial charge on any atom is -0.481 e. The molecule has 1 rings (SSSR count). The number of hydrogen-bond donors (Lipinski definition) is 1. The Morgan fingerprint density at radius 3 is 2.45 bits per heavy atom. The van der Waals surface area contributed by atoms with E-state index in [1.165, 1.54) is 0 Å². The summed E-state index contributed by atoms with van der Waals surface area (Å²) in [6.07, 6.45) is 0.844. The fraction of sp³-hybridized carbons (Fsp3) is 0.429. The van der Waals surface area contributed by atoms with Crippen molar-refractivity contribution in [2.75, 3.05) is 13.1 Å². The van der Waals surface area contributed by atoms with Gasteiger partial charge in [-0.3, -0.25) is 9.59 Å². The lowest BCUT2D eigenvalue weighted by Gasteiger charge is -2.20. The summed E-state index contributed by atoms with van der Waals surface area (Å²) in [7, 11) is 0. The van der Waals surface area contributed by atoms with Crippen LogP contribution in [0.4, 0.5) is 0 Å². The molecule has 20 heavy (non-hydrogen) atoms. The lowest BCUT2D eigenvalue weighted by Crippen LogP contribution is -2.32. The molecule has 0 heterocycles. The van der Waals surface area contributed by atoms with Crippen LogP contribution in [-0.4, -0.2) is 35.0 Å². The molecule has 0 bridgehead atoms. The van der Waals surface area contributed by atoms with E-state index in [2.05, 4.69) is 0 Å². The van der Waals surface area contributed by atoms with E-state index < -0.39 is 5.97 Å². The van der Waals surface area contributed by atoms with Gasteiger partial charge in [-0.2, -0.15) is 0 Å². The number of aryl methyl sites for hydroxylation is 1. The zero-order valence-electron chi connectivity index (χ0n) is 11.2. The molecule has 0 aliphatic rings. The standard InChI is InChI=1S/C14H17Cl2NO3/c1-2-17(8-7-14(19)20)13(18)6-4-10-3-5-11(15)12(16)9-10/h3,5,9H,2,4,6-8H2,1H3,(H,19,20). The van der Waals surface area contributed by atoms with Crippen molar-refractivity contribution in [1.29, 1.82) is 0 Å². The van der Waals surface area contributed by atoms with Gasteiger partial charge in [0.1, 0.15) is 0 Å². The minimum absolute atomic E-state index is 0.0354. The summed E-state index contributed by atoms with van der Waals surface area (Å²) in [5.74, 6) is -0.958. The molecule has 0 spiro atoms. The Kier molecular flexibility index (Phi) is 6.82. The molecule has 0 atom stereocenters. The Balaban J connectivity index is 2.52. The van der Waals surface area contributed by atoms with E-state index >= 15 is 0 Å². The first-order valence-electron chi connectivity index (χ1n) is 6.37. The quantitative estimate of drug-likeness (QED) is 0.839. The fourth-order valence-corrected chi connectivity index (χ4v) is 2.11. The Bertz CT molecular complexity index is 491. The lowest BCUT2D eigenvalue weighted by molar-refractivity contribution is -0.138. The van der Waals surface area contributed by atoms with Crippen molar-refractivity contribution in [2.45, 2.75) is 26.2 Å². The average molecular weight is 318 g/mol. The third kappa shape index (κ3) is 5.39. The van der Waals surface area contributed by atoms with E-state index in [4.69, 9.17) is 28.3 Å². The number of nitrogens with zero attached hydrogens (tertiary/aromatic N) is 1. The molecule has 0 fully saturated rings. The number of carbonyl (C=O) groups is 2. The molecule has 6 heteroatoms. The summed E-state index contributed by atoms with van der Waals surface area (Å²) in [5, 5.41) is 9.59. The van der Waals surface area contributed by atoms with Crippen molar-refractivity contribution >= 4 is 35.1 Å². The van der Waals surface area contributed by atoms with E-state index in [1.54, 1.807) is 17.0 Å². The second-order valence-electron chi connectivity index (χ2n) is 4.37. The van der Waals surface area contributed by atoms with Crippen LogP contribution in [0.15, 0.2) is 18.2 Å². The second-order valence-corrected chi connectivity index (χ2v) is 5.18. The Morgan fingerprint density at radius 2 is 1.90 bits per heavy atom. The third-order valence-electron chi connectivity index (χ3n) is 2.94. The number of carbonyl (C=O) groups excluding carboxylic acids is 1. The summed E-state index contributed by atoms with van der Waals surface area (Å²) in [5.41, 5.74) is 0.932. The van der Waals surface area contributed by atoms with Crippen LogP contribution in [0.25, 0.3) is 0 Å². The average Bonchev–Trinajstić information content (AvgIpc) is 2.40. The number of rotatable bonds is 7. The fourth-order valence-electron chi connectivity index (χ4n) is 1.79. The molecule has 0 aromatic heterocycles. The van der Waals surface area contributed by atoms with E-state index in [0.29, 0.717) is 29.4 Å². The van der Waals surface area contributed by atoms with Gasteiger partial charge in [-0.15, -0.1) is 0 Å². The summed E-state index contributed by atoms with van der Waals surface area (Å²) >= 11 is 11.7. The predicted molar refractivity (Wildman–Crippen MR) is 79.3 cm³/mol. The van der Waals surface area contributed by atoms with Gasteiger partial charge in [0.15, 0.2) is 0 Å². The molecular weight excluding hydrogens is 301 g/mol. The molecule has 0 aliphatic heterocycles. The molecule has 110 valence electrons. The van der Waals surface area contributed by atoms with Gasteiger partial charge in [-0.1, -0.05) is 29.3 Å². The molecule has 0 aliphatic carbocycles. The highest BCUT2D eigenvalue weighted by Gasteiger charge is 2.13. The molecule has 1 N–H and O–H groups in total. The monoisotopic (exact) mass is 317 g/mol. The Morgan fingerprint density at radius 1 is 1.20 bits per heavy atom. The summed E-state index contributed by atoms with van der Waals surface area (Å²) in [6, 6.07) is 5.27. The molecular formula is C14H17Cl2NO3. The normalized spacial score (nSPS) is 10.3. The highest BCUT2D eigenvalue weighted by Crippen LogP contribution is 2.23. The maximum absolute atomic E-state index is 12.0. The van der Waals surface area contributed by atoms with Crippen LogP contribution in [0.1, 0.15) is 25.3 Å². The van der Waals surface area contributed by atoms with Crippen LogP contribution in [0.2, 0.25) is 10.0 Å². The molecule has 0 saturated carbocycles. The Hall–Kier alpha value is -1.26. The first-order chi connectivity index (χ1) is 9.43.